The third kappa shape index (κ3) is 5.79. The van der Waals surface area contributed by atoms with E-state index in [1.165, 1.54) is 0 Å². The van der Waals surface area contributed by atoms with Crippen LogP contribution >= 0.6 is 0 Å². The molecular weight excluding hydrogens is 283 g/mol. The predicted octanol–water partition coefficient (Wildman–Crippen LogP) is 5.01. The SMILES string of the molecule is CC(C)[O][Al]([O]C(C)C)[O][Si](C(C)C)(C(C)C)C(C)C. The van der Waals surface area contributed by atoms with Crippen LogP contribution in [0.5, 0.6) is 0 Å². The highest BCUT2D eigenvalue weighted by molar-refractivity contribution is 6.81. The van der Waals surface area contributed by atoms with Gasteiger partial charge in [-0.2, -0.15) is 0 Å². The minimum absolute atomic E-state index is 0.156. The van der Waals surface area contributed by atoms with Gasteiger partial charge in [-0.05, 0) is 44.3 Å². The lowest BCUT2D eigenvalue weighted by atomic mass is 10.5. The van der Waals surface area contributed by atoms with Gasteiger partial charge in [0, 0.05) is 12.2 Å². The topological polar surface area (TPSA) is 27.7 Å². The van der Waals surface area contributed by atoms with Gasteiger partial charge in [0.25, 0.3) is 0 Å². The molecule has 0 bridgehead atoms. The minimum Gasteiger partial charge on any atom is -0.498 e. The molecule has 0 amide bonds. The summed E-state index contributed by atoms with van der Waals surface area (Å²) in [6.07, 6.45) is 0.312. The summed E-state index contributed by atoms with van der Waals surface area (Å²) in [6, 6.07) is 0. The van der Waals surface area contributed by atoms with E-state index in [0.29, 0.717) is 16.6 Å². The molecule has 0 aromatic heterocycles. The van der Waals surface area contributed by atoms with Gasteiger partial charge in [0.2, 0.25) is 0 Å². The highest BCUT2D eigenvalue weighted by Gasteiger charge is 2.50. The van der Waals surface area contributed by atoms with Crippen molar-refractivity contribution in [2.45, 2.75) is 98.1 Å². The average Bonchev–Trinajstić information content (AvgIpc) is 2.21. The molecule has 0 N–H and O–H groups in total. The van der Waals surface area contributed by atoms with Crippen LogP contribution < -0.4 is 0 Å². The van der Waals surface area contributed by atoms with Crippen molar-refractivity contribution in [1.82, 2.24) is 0 Å². The summed E-state index contributed by atoms with van der Waals surface area (Å²) in [5, 5.41) is 0. The molecule has 120 valence electrons. The third-order valence-electron chi connectivity index (χ3n) is 3.77. The first-order chi connectivity index (χ1) is 9.03. The van der Waals surface area contributed by atoms with E-state index in [2.05, 4.69) is 69.2 Å². The molecule has 0 unspecified atom stereocenters. The van der Waals surface area contributed by atoms with Crippen LogP contribution in [0.2, 0.25) is 16.6 Å². The van der Waals surface area contributed by atoms with Crippen LogP contribution in [-0.2, 0) is 11.1 Å². The second kappa shape index (κ2) is 8.92. The van der Waals surface area contributed by atoms with Crippen LogP contribution in [0.25, 0.3) is 0 Å². The van der Waals surface area contributed by atoms with E-state index in [9.17, 15) is 0 Å². The van der Waals surface area contributed by atoms with Gasteiger partial charge in [0.1, 0.15) is 0 Å². The van der Waals surface area contributed by atoms with E-state index in [4.69, 9.17) is 11.1 Å². The quantitative estimate of drug-likeness (QED) is 0.559. The van der Waals surface area contributed by atoms with Gasteiger partial charge in [-0.1, -0.05) is 41.5 Å². The van der Waals surface area contributed by atoms with Crippen molar-refractivity contribution in [3.63, 3.8) is 0 Å². The molecule has 5 heteroatoms. The highest BCUT2D eigenvalue weighted by Crippen LogP contribution is 2.42. The summed E-state index contributed by atoms with van der Waals surface area (Å²) in [6.45, 7) is 22.0. The van der Waals surface area contributed by atoms with Crippen molar-refractivity contribution in [2.24, 2.45) is 0 Å². The van der Waals surface area contributed by atoms with Gasteiger partial charge < -0.3 is 11.1 Å². The summed E-state index contributed by atoms with van der Waals surface area (Å²) in [7, 11) is -1.91. The summed E-state index contributed by atoms with van der Waals surface area (Å²) in [5.41, 5.74) is 1.68. The van der Waals surface area contributed by atoms with E-state index in [1.807, 2.05) is 0 Å². The fourth-order valence-corrected chi connectivity index (χ4v) is 13.1. The first kappa shape index (κ1) is 20.6. The molecule has 0 saturated carbocycles. The Morgan fingerprint density at radius 2 is 0.900 bits per heavy atom. The van der Waals surface area contributed by atoms with Crippen molar-refractivity contribution >= 4 is 23.5 Å². The van der Waals surface area contributed by atoms with Crippen LogP contribution in [0.1, 0.15) is 69.2 Å². The Kier molecular flexibility index (Phi) is 9.20. The van der Waals surface area contributed by atoms with E-state index in [0.717, 1.165) is 0 Å². The molecule has 3 nitrogen and oxygen atoms in total. The zero-order chi connectivity index (χ0) is 16.1. The maximum Gasteiger partial charge on any atom is 0.894 e. The lowest BCUT2D eigenvalue weighted by Gasteiger charge is -2.44. The molecule has 0 aromatic rings. The zero-order valence-electron chi connectivity index (χ0n) is 15.2. The lowest BCUT2D eigenvalue weighted by Crippen LogP contribution is -2.53. The summed E-state index contributed by atoms with van der Waals surface area (Å²) < 4.78 is 18.7. The molecule has 0 spiro atoms. The number of rotatable bonds is 9. The molecule has 0 saturated heterocycles. The molecular formula is C15H35AlO3Si. The molecule has 0 aliphatic carbocycles. The van der Waals surface area contributed by atoms with E-state index in [1.54, 1.807) is 0 Å². The van der Waals surface area contributed by atoms with Crippen LogP contribution in [0.15, 0.2) is 0 Å². The van der Waals surface area contributed by atoms with Gasteiger partial charge in [-0.3, -0.25) is 0 Å². The average molecular weight is 319 g/mol. The van der Waals surface area contributed by atoms with E-state index < -0.39 is 23.5 Å². The molecule has 0 heterocycles. The molecule has 0 atom stereocenters. The molecule has 0 fully saturated rings. The maximum atomic E-state index is 6.68. The smallest absolute Gasteiger partial charge is 0.498 e. The lowest BCUT2D eigenvalue weighted by molar-refractivity contribution is 0.0802. The normalized spacial score (nSPS) is 13.3. The standard InChI is InChI=1S/C9H21OSi.2C3H7O.Al/c1-7(2)11(10,8(3)4)9(5)6;2*1-3(2)4;/h7-9H,1-6H3;2*3H,1-2H3;/q3*-1;+3. The minimum atomic E-state index is -2.08. The molecule has 0 aromatic carbocycles. The van der Waals surface area contributed by atoms with Crippen molar-refractivity contribution in [2.75, 3.05) is 0 Å². The molecule has 0 aliphatic rings. The van der Waals surface area contributed by atoms with Crippen molar-refractivity contribution in [3.05, 3.63) is 0 Å². The fraction of sp³-hybridized carbons (Fsp3) is 1.00. The van der Waals surface area contributed by atoms with Crippen LogP contribution in [0, 0.1) is 0 Å². The summed E-state index contributed by atoms with van der Waals surface area (Å²) in [5.74, 6) is 0. The van der Waals surface area contributed by atoms with Crippen molar-refractivity contribution in [3.8, 4) is 0 Å². The number of hydrogen-bond donors (Lipinski definition) is 0. The summed E-state index contributed by atoms with van der Waals surface area (Å²) >= 11 is -2.08. The predicted molar refractivity (Wildman–Crippen MR) is 90.3 cm³/mol. The van der Waals surface area contributed by atoms with E-state index >= 15 is 0 Å². The largest absolute Gasteiger partial charge is 0.894 e. The molecule has 20 heavy (non-hydrogen) atoms. The molecule has 0 radical (unpaired) electrons. The number of hydrogen-bond acceptors (Lipinski definition) is 3. The maximum absolute atomic E-state index is 6.68. The van der Waals surface area contributed by atoms with Crippen LogP contribution in [0.4, 0.5) is 0 Å². The first-order valence-electron chi connectivity index (χ1n) is 8.02. The van der Waals surface area contributed by atoms with Crippen molar-refractivity contribution < 1.29 is 11.1 Å². The Balaban J connectivity index is 5.25. The third-order valence-corrected chi connectivity index (χ3v) is 13.1. The van der Waals surface area contributed by atoms with Gasteiger partial charge >= 0.3 is 15.1 Å². The Morgan fingerprint density at radius 1 is 0.600 bits per heavy atom. The first-order valence-corrected chi connectivity index (χ1v) is 11.6. The van der Waals surface area contributed by atoms with Crippen LogP contribution in [0.3, 0.4) is 0 Å². The monoisotopic (exact) mass is 318 g/mol. The van der Waals surface area contributed by atoms with Gasteiger partial charge in [-0.15, -0.1) is 0 Å². The Hall–Kier alpha value is 0.629. The Labute approximate surface area is 132 Å². The van der Waals surface area contributed by atoms with Gasteiger partial charge in [0.15, 0.2) is 8.32 Å². The molecule has 0 aliphatic heterocycles. The molecule has 0 rings (SSSR count). The Morgan fingerprint density at radius 3 is 1.10 bits per heavy atom. The second-order valence-electron chi connectivity index (χ2n) is 7.09. The Bertz CT molecular complexity index is 236. The van der Waals surface area contributed by atoms with Crippen LogP contribution in [-0.4, -0.2) is 35.7 Å². The van der Waals surface area contributed by atoms with Gasteiger partial charge in [-0.25, -0.2) is 0 Å². The fourth-order valence-electron chi connectivity index (χ4n) is 3.11. The van der Waals surface area contributed by atoms with Gasteiger partial charge in [0.05, 0.1) is 0 Å². The second-order valence-corrected chi connectivity index (χ2v) is 14.3. The van der Waals surface area contributed by atoms with E-state index in [-0.39, 0.29) is 12.2 Å². The van der Waals surface area contributed by atoms with Crippen molar-refractivity contribution in [1.29, 1.82) is 0 Å². The highest BCUT2D eigenvalue weighted by atomic mass is 28.4. The summed E-state index contributed by atoms with van der Waals surface area (Å²) in [4.78, 5) is 0. The zero-order valence-corrected chi connectivity index (χ0v) is 17.3.